The van der Waals surface area contributed by atoms with E-state index < -0.39 is 17.6 Å². The van der Waals surface area contributed by atoms with Gasteiger partial charge in [-0.3, -0.25) is 0 Å². The number of alkyl halides is 3. The summed E-state index contributed by atoms with van der Waals surface area (Å²) in [5, 5.41) is 9.58. The zero-order valence-electron chi connectivity index (χ0n) is 9.75. The van der Waals surface area contributed by atoms with Crippen molar-refractivity contribution in [2.75, 3.05) is 5.32 Å². The standard InChI is InChI=1S/C11H9F4N3O/c1-6-10(18-19-17-6)5-16-9-4-7(11(13,14)15)2-3-8(9)12/h2-4,16H,5H2,1H3. The van der Waals surface area contributed by atoms with E-state index in [0.29, 0.717) is 23.5 Å². The highest BCUT2D eigenvalue weighted by Gasteiger charge is 2.31. The van der Waals surface area contributed by atoms with Crippen molar-refractivity contribution >= 4 is 5.69 Å². The largest absolute Gasteiger partial charge is 0.416 e. The molecule has 0 saturated heterocycles. The molecule has 2 rings (SSSR count). The van der Waals surface area contributed by atoms with Crippen LogP contribution in [0.15, 0.2) is 22.8 Å². The maximum atomic E-state index is 13.4. The van der Waals surface area contributed by atoms with Crippen LogP contribution in [0.25, 0.3) is 0 Å². The Morgan fingerprint density at radius 3 is 2.58 bits per heavy atom. The van der Waals surface area contributed by atoms with Crippen molar-refractivity contribution in [3.05, 3.63) is 41.0 Å². The van der Waals surface area contributed by atoms with E-state index >= 15 is 0 Å². The number of nitrogens with one attached hydrogen (secondary N) is 1. The Hall–Kier alpha value is -2.12. The number of nitrogens with zero attached hydrogens (tertiary/aromatic N) is 2. The van der Waals surface area contributed by atoms with Crippen LogP contribution in [0.2, 0.25) is 0 Å². The number of halogens is 4. The lowest BCUT2D eigenvalue weighted by Gasteiger charge is -2.10. The van der Waals surface area contributed by atoms with Crippen LogP contribution < -0.4 is 5.32 Å². The highest BCUT2D eigenvalue weighted by atomic mass is 19.4. The van der Waals surface area contributed by atoms with Crippen molar-refractivity contribution in [3.63, 3.8) is 0 Å². The minimum atomic E-state index is -4.52. The van der Waals surface area contributed by atoms with E-state index in [0.717, 1.165) is 6.07 Å². The van der Waals surface area contributed by atoms with Crippen LogP contribution in [-0.4, -0.2) is 10.3 Å². The van der Waals surface area contributed by atoms with E-state index in [4.69, 9.17) is 0 Å². The fourth-order valence-electron chi connectivity index (χ4n) is 1.43. The molecule has 102 valence electrons. The van der Waals surface area contributed by atoms with Crippen molar-refractivity contribution < 1.29 is 22.2 Å². The second kappa shape index (κ2) is 4.87. The van der Waals surface area contributed by atoms with E-state index in [1.807, 2.05) is 0 Å². The van der Waals surface area contributed by atoms with Gasteiger partial charge < -0.3 is 5.32 Å². The average Bonchev–Trinajstić information content (AvgIpc) is 2.72. The minimum absolute atomic E-state index is 0.0214. The number of benzene rings is 1. The van der Waals surface area contributed by atoms with Crippen molar-refractivity contribution in [1.29, 1.82) is 0 Å². The molecule has 0 aliphatic carbocycles. The molecular weight excluding hydrogens is 266 g/mol. The lowest BCUT2D eigenvalue weighted by Crippen LogP contribution is -2.08. The smallest absolute Gasteiger partial charge is 0.377 e. The van der Waals surface area contributed by atoms with Crippen LogP contribution in [0.4, 0.5) is 23.2 Å². The highest BCUT2D eigenvalue weighted by molar-refractivity contribution is 5.48. The van der Waals surface area contributed by atoms with Gasteiger partial charge in [-0.2, -0.15) is 13.2 Å². The van der Waals surface area contributed by atoms with E-state index in [1.165, 1.54) is 0 Å². The normalized spacial score (nSPS) is 11.6. The molecule has 1 heterocycles. The minimum Gasteiger partial charge on any atom is -0.377 e. The molecule has 0 bridgehead atoms. The van der Waals surface area contributed by atoms with Crippen molar-refractivity contribution in [3.8, 4) is 0 Å². The first kappa shape index (κ1) is 13.3. The molecule has 0 radical (unpaired) electrons. The van der Waals surface area contributed by atoms with Gasteiger partial charge in [-0.05, 0) is 25.1 Å². The molecule has 8 heteroatoms. The summed E-state index contributed by atoms with van der Waals surface area (Å²) in [6.07, 6.45) is -4.52. The first-order chi connectivity index (χ1) is 8.88. The van der Waals surface area contributed by atoms with Gasteiger partial charge in [-0.25, -0.2) is 9.02 Å². The Balaban J connectivity index is 2.18. The van der Waals surface area contributed by atoms with Crippen molar-refractivity contribution in [2.24, 2.45) is 0 Å². The second-order valence-corrected chi connectivity index (χ2v) is 3.84. The predicted octanol–water partition coefficient (Wildman–Crippen LogP) is 3.15. The molecule has 1 N–H and O–H groups in total. The summed E-state index contributed by atoms with van der Waals surface area (Å²) in [5.41, 5.74) is -0.291. The molecule has 2 aromatic rings. The number of rotatable bonds is 3. The molecule has 0 amide bonds. The summed E-state index contributed by atoms with van der Waals surface area (Å²) in [5.74, 6) is -0.776. The Morgan fingerprint density at radius 2 is 2.00 bits per heavy atom. The summed E-state index contributed by atoms with van der Waals surface area (Å²) < 4.78 is 55.3. The summed E-state index contributed by atoms with van der Waals surface area (Å²) in [6.45, 7) is 1.64. The number of anilines is 1. The molecule has 0 saturated carbocycles. The molecule has 0 unspecified atom stereocenters. The third-order valence-corrected chi connectivity index (χ3v) is 2.49. The fraction of sp³-hybridized carbons (Fsp3) is 0.273. The summed E-state index contributed by atoms with van der Waals surface area (Å²) in [4.78, 5) is 0. The monoisotopic (exact) mass is 275 g/mol. The van der Waals surface area contributed by atoms with Crippen LogP contribution in [0.1, 0.15) is 17.0 Å². The zero-order chi connectivity index (χ0) is 14.0. The van der Waals surface area contributed by atoms with Crippen molar-refractivity contribution in [2.45, 2.75) is 19.6 Å². The van der Waals surface area contributed by atoms with Crippen LogP contribution in [-0.2, 0) is 12.7 Å². The summed E-state index contributed by atoms with van der Waals surface area (Å²) >= 11 is 0. The molecule has 0 aliphatic rings. The SMILES string of the molecule is Cc1nonc1CNc1cc(C(F)(F)F)ccc1F. The Labute approximate surface area is 105 Å². The molecule has 4 nitrogen and oxygen atoms in total. The molecule has 0 atom stereocenters. The molecule has 1 aromatic carbocycles. The first-order valence-corrected chi connectivity index (χ1v) is 5.26. The number of aryl methyl sites for hydroxylation is 1. The third-order valence-electron chi connectivity index (χ3n) is 2.49. The van der Waals surface area contributed by atoms with Crippen LogP contribution in [0.3, 0.4) is 0 Å². The van der Waals surface area contributed by atoms with Gasteiger partial charge in [-0.15, -0.1) is 0 Å². The Kier molecular flexibility index (Phi) is 3.41. The summed E-state index contributed by atoms with van der Waals surface area (Å²) in [6, 6.07) is 2.15. The number of hydrogen-bond acceptors (Lipinski definition) is 4. The molecule has 0 aliphatic heterocycles. The zero-order valence-corrected chi connectivity index (χ0v) is 9.75. The molecular formula is C11H9F4N3O. The van der Waals surface area contributed by atoms with Gasteiger partial charge in [0.05, 0.1) is 17.8 Å². The van der Waals surface area contributed by atoms with Crippen LogP contribution in [0.5, 0.6) is 0 Å². The lowest BCUT2D eigenvalue weighted by molar-refractivity contribution is -0.137. The van der Waals surface area contributed by atoms with Gasteiger partial charge in [0.2, 0.25) is 0 Å². The van der Waals surface area contributed by atoms with Gasteiger partial charge >= 0.3 is 6.18 Å². The average molecular weight is 275 g/mol. The quantitative estimate of drug-likeness (QED) is 0.874. The van der Waals surface area contributed by atoms with Gasteiger partial charge in [0.1, 0.15) is 17.2 Å². The van der Waals surface area contributed by atoms with Gasteiger partial charge in [0.25, 0.3) is 0 Å². The summed E-state index contributed by atoms with van der Waals surface area (Å²) in [7, 11) is 0. The van der Waals surface area contributed by atoms with E-state index in [-0.39, 0.29) is 12.2 Å². The van der Waals surface area contributed by atoms with Crippen molar-refractivity contribution in [1.82, 2.24) is 10.3 Å². The topological polar surface area (TPSA) is 51.0 Å². The maximum absolute atomic E-state index is 13.4. The van der Waals surface area contributed by atoms with Gasteiger partial charge in [-0.1, -0.05) is 10.3 Å². The molecule has 0 spiro atoms. The first-order valence-electron chi connectivity index (χ1n) is 5.26. The highest BCUT2D eigenvalue weighted by Crippen LogP contribution is 2.31. The van der Waals surface area contributed by atoms with Gasteiger partial charge in [0.15, 0.2) is 0 Å². The predicted molar refractivity (Wildman–Crippen MR) is 57.8 cm³/mol. The Morgan fingerprint density at radius 1 is 1.26 bits per heavy atom. The number of aromatic nitrogens is 2. The lowest BCUT2D eigenvalue weighted by atomic mass is 10.2. The van der Waals surface area contributed by atoms with E-state index in [1.54, 1.807) is 6.92 Å². The van der Waals surface area contributed by atoms with Crippen LogP contribution in [0, 0.1) is 12.7 Å². The molecule has 0 fully saturated rings. The van der Waals surface area contributed by atoms with Crippen LogP contribution >= 0.6 is 0 Å². The fourth-order valence-corrected chi connectivity index (χ4v) is 1.43. The number of hydrogen-bond donors (Lipinski definition) is 1. The van der Waals surface area contributed by atoms with E-state index in [9.17, 15) is 17.6 Å². The molecule has 19 heavy (non-hydrogen) atoms. The van der Waals surface area contributed by atoms with Gasteiger partial charge in [0, 0.05) is 0 Å². The van der Waals surface area contributed by atoms with E-state index in [2.05, 4.69) is 20.3 Å². The Bertz CT molecular complexity index is 580. The maximum Gasteiger partial charge on any atom is 0.416 e. The second-order valence-electron chi connectivity index (χ2n) is 3.84. The third kappa shape index (κ3) is 3.01. The molecule has 1 aromatic heterocycles.